The summed E-state index contributed by atoms with van der Waals surface area (Å²) in [4.78, 5) is 12.3. The van der Waals surface area contributed by atoms with Crippen molar-refractivity contribution in [3.05, 3.63) is 29.8 Å². The van der Waals surface area contributed by atoms with E-state index in [2.05, 4.69) is 17.6 Å². The molecule has 2 rings (SSSR count). The first-order valence-electron chi connectivity index (χ1n) is 8.00. The van der Waals surface area contributed by atoms with Gasteiger partial charge in [0.15, 0.2) is 0 Å². The van der Waals surface area contributed by atoms with Crippen molar-refractivity contribution in [3.63, 3.8) is 0 Å². The van der Waals surface area contributed by atoms with E-state index in [0.29, 0.717) is 12.5 Å². The summed E-state index contributed by atoms with van der Waals surface area (Å²) in [5, 5.41) is 6.39. The van der Waals surface area contributed by atoms with Gasteiger partial charge in [-0.05, 0) is 37.3 Å². The first-order valence-corrected chi connectivity index (χ1v) is 8.00. The van der Waals surface area contributed by atoms with Gasteiger partial charge in [0, 0.05) is 25.4 Å². The standard InChI is InChI=1S/C17H26N2O2/c1-2-3-10-18-16-9-5-4-8-15(16)17(20)19-12-14-7-6-11-21-13-14/h4-5,8-9,14,18H,2-3,6-7,10-13H2,1H3,(H,19,20)/t14-/m1/s1. The Balaban J connectivity index is 1.88. The highest BCUT2D eigenvalue weighted by atomic mass is 16.5. The van der Waals surface area contributed by atoms with Gasteiger partial charge in [-0.15, -0.1) is 0 Å². The summed E-state index contributed by atoms with van der Waals surface area (Å²) < 4.78 is 5.45. The fourth-order valence-corrected chi connectivity index (χ4v) is 2.54. The van der Waals surface area contributed by atoms with Crippen LogP contribution in [0.4, 0.5) is 5.69 Å². The number of benzene rings is 1. The Morgan fingerprint density at radius 2 is 2.24 bits per heavy atom. The third-order valence-corrected chi connectivity index (χ3v) is 3.82. The monoisotopic (exact) mass is 290 g/mol. The second-order valence-corrected chi connectivity index (χ2v) is 5.62. The molecule has 0 radical (unpaired) electrons. The number of para-hydroxylation sites is 1. The SMILES string of the molecule is CCCCNc1ccccc1C(=O)NC[C@H]1CCCOC1. The summed E-state index contributed by atoms with van der Waals surface area (Å²) in [6, 6.07) is 7.71. The second kappa shape index (κ2) is 8.67. The Morgan fingerprint density at radius 1 is 1.38 bits per heavy atom. The van der Waals surface area contributed by atoms with Gasteiger partial charge in [0.2, 0.25) is 0 Å². The molecule has 1 aliphatic rings. The third-order valence-electron chi connectivity index (χ3n) is 3.82. The number of unbranched alkanes of at least 4 members (excludes halogenated alkanes) is 1. The molecular weight excluding hydrogens is 264 g/mol. The fraction of sp³-hybridized carbons (Fsp3) is 0.588. The largest absolute Gasteiger partial charge is 0.384 e. The summed E-state index contributed by atoms with van der Waals surface area (Å²) in [5.41, 5.74) is 1.65. The van der Waals surface area contributed by atoms with Crippen molar-refractivity contribution in [2.45, 2.75) is 32.6 Å². The fourth-order valence-electron chi connectivity index (χ4n) is 2.54. The van der Waals surface area contributed by atoms with Gasteiger partial charge in [-0.2, -0.15) is 0 Å². The Hall–Kier alpha value is -1.55. The lowest BCUT2D eigenvalue weighted by atomic mass is 10.0. The van der Waals surface area contributed by atoms with E-state index in [9.17, 15) is 4.79 Å². The normalized spacial score (nSPS) is 18.2. The molecule has 1 atom stereocenters. The molecule has 1 aromatic carbocycles. The highest BCUT2D eigenvalue weighted by molar-refractivity contribution is 5.99. The molecule has 0 aliphatic carbocycles. The van der Waals surface area contributed by atoms with Gasteiger partial charge in [0.1, 0.15) is 0 Å². The molecule has 4 heteroatoms. The number of amides is 1. The molecule has 0 aromatic heterocycles. The molecule has 1 saturated heterocycles. The van der Waals surface area contributed by atoms with Crippen LogP contribution in [0.25, 0.3) is 0 Å². The van der Waals surface area contributed by atoms with Crippen molar-refractivity contribution in [3.8, 4) is 0 Å². The molecule has 21 heavy (non-hydrogen) atoms. The number of carbonyl (C=O) groups excluding carboxylic acids is 1. The Bertz CT molecular complexity index is 442. The van der Waals surface area contributed by atoms with Crippen LogP contribution in [0.15, 0.2) is 24.3 Å². The summed E-state index contributed by atoms with van der Waals surface area (Å²) in [5.74, 6) is 0.447. The molecule has 1 fully saturated rings. The lowest BCUT2D eigenvalue weighted by Crippen LogP contribution is -2.33. The third kappa shape index (κ3) is 5.05. The molecule has 1 amide bonds. The van der Waals surface area contributed by atoms with Crippen LogP contribution in [0.5, 0.6) is 0 Å². The molecule has 116 valence electrons. The molecule has 0 saturated carbocycles. The van der Waals surface area contributed by atoms with Gasteiger partial charge in [-0.25, -0.2) is 0 Å². The highest BCUT2D eigenvalue weighted by Crippen LogP contribution is 2.16. The predicted molar refractivity (Wildman–Crippen MR) is 85.7 cm³/mol. The lowest BCUT2D eigenvalue weighted by molar-refractivity contribution is 0.0536. The van der Waals surface area contributed by atoms with Crippen LogP contribution in [0.2, 0.25) is 0 Å². The molecule has 1 heterocycles. The average Bonchev–Trinajstić information content (AvgIpc) is 2.54. The zero-order valence-electron chi connectivity index (χ0n) is 12.9. The van der Waals surface area contributed by atoms with E-state index in [-0.39, 0.29) is 5.91 Å². The summed E-state index contributed by atoms with van der Waals surface area (Å²) >= 11 is 0. The maximum Gasteiger partial charge on any atom is 0.253 e. The van der Waals surface area contributed by atoms with E-state index >= 15 is 0 Å². The first-order chi connectivity index (χ1) is 10.3. The van der Waals surface area contributed by atoms with Crippen LogP contribution in [-0.4, -0.2) is 32.2 Å². The molecule has 2 N–H and O–H groups in total. The van der Waals surface area contributed by atoms with Gasteiger partial charge in [0.25, 0.3) is 5.91 Å². The minimum absolute atomic E-state index is 0.000159. The van der Waals surface area contributed by atoms with Crippen molar-refractivity contribution >= 4 is 11.6 Å². The van der Waals surface area contributed by atoms with Crippen molar-refractivity contribution in [2.24, 2.45) is 5.92 Å². The van der Waals surface area contributed by atoms with Crippen LogP contribution in [0.3, 0.4) is 0 Å². The predicted octanol–water partition coefficient (Wildman–Crippen LogP) is 3.06. The van der Waals surface area contributed by atoms with Crippen molar-refractivity contribution < 1.29 is 9.53 Å². The van der Waals surface area contributed by atoms with Gasteiger partial charge in [-0.1, -0.05) is 25.5 Å². The number of rotatable bonds is 7. The topological polar surface area (TPSA) is 50.4 Å². The Morgan fingerprint density at radius 3 is 3.00 bits per heavy atom. The van der Waals surface area contributed by atoms with E-state index in [1.54, 1.807) is 0 Å². The zero-order chi connectivity index (χ0) is 14.9. The van der Waals surface area contributed by atoms with Crippen molar-refractivity contribution in [1.29, 1.82) is 0 Å². The lowest BCUT2D eigenvalue weighted by Gasteiger charge is -2.22. The van der Waals surface area contributed by atoms with E-state index < -0.39 is 0 Å². The summed E-state index contributed by atoms with van der Waals surface area (Å²) in [6.07, 6.45) is 4.48. The average molecular weight is 290 g/mol. The zero-order valence-corrected chi connectivity index (χ0v) is 12.9. The Kier molecular flexibility index (Phi) is 6.54. The summed E-state index contributed by atoms with van der Waals surface area (Å²) in [6.45, 7) is 5.37. The highest BCUT2D eigenvalue weighted by Gasteiger charge is 2.16. The minimum Gasteiger partial charge on any atom is -0.384 e. The number of hydrogen-bond donors (Lipinski definition) is 2. The molecule has 0 spiro atoms. The van der Waals surface area contributed by atoms with Crippen LogP contribution < -0.4 is 10.6 Å². The molecule has 0 bridgehead atoms. The van der Waals surface area contributed by atoms with E-state index in [0.717, 1.165) is 56.7 Å². The maximum atomic E-state index is 12.3. The van der Waals surface area contributed by atoms with Crippen molar-refractivity contribution in [2.75, 3.05) is 31.6 Å². The van der Waals surface area contributed by atoms with Crippen LogP contribution in [-0.2, 0) is 4.74 Å². The van der Waals surface area contributed by atoms with Crippen LogP contribution in [0, 0.1) is 5.92 Å². The molecular formula is C17H26N2O2. The number of anilines is 1. The molecule has 1 aromatic rings. The van der Waals surface area contributed by atoms with Crippen LogP contribution >= 0.6 is 0 Å². The van der Waals surface area contributed by atoms with E-state index in [4.69, 9.17) is 4.74 Å². The van der Waals surface area contributed by atoms with Gasteiger partial charge >= 0.3 is 0 Å². The quantitative estimate of drug-likeness (QED) is 0.759. The molecule has 1 aliphatic heterocycles. The maximum absolute atomic E-state index is 12.3. The minimum atomic E-state index is 0.000159. The number of ether oxygens (including phenoxy) is 1. The molecule has 0 unspecified atom stereocenters. The van der Waals surface area contributed by atoms with Gasteiger partial charge in [-0.3, -0.25) is 4.79 Å². The summed E-state index contributed by atoms with van der Waals surface area (Å²) in [7, 11) is 0. The van der Waals surface area contributed by atoms with Crippen molar-refractivity contribution in [1.82, 2.24) is 5.32 Å². The van der Waals surface area contributed by atoms with Crippen LogP contribution in [0.1, 0.15) is 43.0 Å². The van der Waals surface area contributed by atoms with E-state index in [1.165, 1.54) is 0 Å². The molecule has 4 nitrogen and oxygen atoms in total. The van der Waals surface area contributed by atoms with Gasteiger partial charge in [0.05, 0.1) is 12.2 Å². The number of hydrogen-bond acceptors (Lipinski definition) is 3. The van der Waals surface area contributed by atoms with Gasteiger partial charge < -0.3 is 15.4 Å². The Labute approximate surface area is 127 Å². The number of carbonyl (C=O) groups is 1. The second-order valence-electron chi connectivity index (χ2n) is 5.62. The smallest absolute Gasteiger partial charge is 0.253 e. The van der Waals surface area contributed by atoms with E-state index in [1.807, 2.05) is 24.3 Å². The number of nitrogens with one attached hydrogen (secondary N) is 2. The first kappa shape index (κ1) is 15.8.